The van der Waals surface area contributed by atoms with Crippen molar-refractivity contribution in [3.63, 3.8) is 0 Å². The third-order valence-corrected chi connectivity index (χ3v) is 2.40. The minimum atomic E-state index is -1.16. The standard InChI is InChI=1S/C11H8F2N4O4/c12-8-2-1-7(5-9(8)13)10(18)21-4-3-16-6-14-11(15-16)17(19)20/h1-2,5-6H,3-4H2. The van der Waals surface area contributed by atoms with E-state index < -0.39 is 28.5 Å². The summed E-state index contributed by atoms with van der Waals surface area (Å²) in [5.74, 6) is -3.64. The number of hydrogen-bond acceptors (Lipinski definition) is 6. The number of aromatic nitrogens is 3. The lowest BCUT2D eigenvalue weighted by Gasteiger charge is -2.03. The van der Waals surface area contributed by atoms with Gasteiger partial charge in [0, 0.05) is 5.10 Å². The molecule has 110 valence electrons. The largest absolute Gasteiger partial charge is 0.490 e. The van der Waals surface area contributed by atoms with E-state index in [0.29, 0.717) is 0 Å². The zero-order valence-electron chi connectivity index (χ0n) is 10.4. The highest BCUT2D eigenvalue weighted by molar-refractivity contribution is 5.89. The number of rotatable bonds is 5. The van der Waals surface area contributed by atoms with Gasteiger partial charge in [-0.3, -0.25) is 0 Å². The molecular formula is C11H8F2N4O4. The number of hydrogen-bond donors (Lipinski definition) is 0. The summed E-state index contributed by atoms with van der Waals surface area (Å²) in [5.41, 5.74) is -0.140. The highest BCUT2D eigenvalue weighted by atomic mass is 19.2. The van der Waals surface area contributed by atoms with Crippen molar-refractivity contribution in [1.82, 2.24) is 14.8 Å². The van der Waals surface area contributed by atoms with Crippen LogP contribution in [-0.2, 0) is 11.3 Å². The molecule has 0 radical (unpaired) electrons. The molecule has 0 unspecified atom stereocenters. The molecule has 8 nitrogen and oxygen atoms in total. The normalized spacial score (nSPS) is 10.4. The maximum atomic E-state index is 12.9. The van der Waals surface area contributed by atoms with Crippen molar-refractivity contribution < 1.29 is 23.2 Å². The molecule has 0 saturated carbocycles. The van der Waals surface area contributed by atoms with Crippen LogP contribution < -0.4 is 0 Å². The molecule has 0 atom stereocenters. The fourth-order valence-electron chi connectivity index (χ4n) is 1.41. The molecule has 0 amide bonds. The van der Waals surface area contributed by atoms with Gasteiger partial charge in [-0.1, -0.05) is 4.98 Å². The molecule has 0 saturated heterocycles. The number of carbonyl (C=O) groups is 1. The zero-order chi connectivity index (χ0) is 15.4. The van der Waals surface area contributed by atoms with Gasteiger partial charge < -0.3 is 14.9 Å². The third kappa shape index (κ3) is 3.55. The second-order valence-electron chi connectivity index (χ2n) is 3.83. The van der Waals surface area contributed by atoms with Crippen LogP contribution >= 0.6 is 0 Å². The lowest BCUT2D eigenvalue weighted by atomic mass is 10.2. The average molecular weight is 298 g/mol. The molecule has 0 spiro atoms. The third-order valence-electron chi connectivity index (χ3n) is 2.40. The van der Waals surface area contributed by atoms with Crippen LogP contribution in [-0.4, -0.2) is 32.3 Å². The van der Waals surface area contributed by atoms with Gasteiger partial charge in [-0.05, 0) is 23.1 Å². The van der Waals surface area contributed by atoms with E-state index in [4.69, 9.17) is 4.74 Å². The molecule has 0 aliphatic heterocycles. The Morgan fingerprint density at radius 2 is 2.14 bits per heavy atom. The zero-order valence-corrected chi connectivity index (χ0v) is 10.4. The summed E-state index contributed by atoms with van der Waals surface area (Å²) < 4.78 is 31.6. The van der Waals surface area contributed by atoms with Gasteiger partial charge in [-0.15, -0.1) is 0 Å². The van der Waals surface area contributed by atoms with Crippen molar-refractivity contribution in [2.75, 3.05) is 6.61 Å². The Labute approximate surface area is 116 Å². The van der Waals surface area contributed by atoms with Gasteiger partial charge in [0.2, 0.25) is 6.33 Å². The molecule has 0 aliphatic rings. The van der Waals surface area contributed by atoms with Gasteiger partial charge in [0.25, 0.3) is 0 Å². The van der Waals surface area contributed by atoms with Gasteiger partial charge in [0.05, 0.1) is 12.1 Å². The quantitative estimate of drug-likeness (QED) is 0.469. The first-order valence-corrected chi connectivity index (χ1v) is 5.63. The molecule has 0 bridgehead atoms. The molecule has 1 aromatic heterocycles. The van der Waals surface area contributed by atoms with Gasteiger partial charge >= 0.3 is 11.9 Å². The molecule has 21 heavy (non-hydrogen) atoms. The molecule has 10 heteroatoms. The SMILES string of the molecule is O=C(OCCn1cnc([N+](=O)[O-])n1)c1ccc(F)c(F)c1. The maximum Gasteiger partial charge on any atom is 0.490 e. The number of esters is 1. The van der Waals surface area contributed by atoms with Crippen LogP contribution in [0.25, 0.3) is 0 Å². The minimum Gasteiger partial charge on any atom is -0.460 e. The summed E-state index contributed by atoms with van der Waals surface area (Å²) in [6.07, 6.45) is 1.11. The van der Waals surface area contributed by atoms with E-state index in [1.807, 2.05) is 0 Å². The van der Waals surface area contributed by atoms with Crippen molar-refractivity contribution in [3.8, 4) is 0 Å². The molecule has 1 aromatic carbocycles. The number of ether oxygens (including phenoxy) is 1. The molecular weight excluding hydrogens is 290 g/mol. The predicted octanol–water partition coefficient (Wildman–Crippen LogP) is 1.32. The highest BCUT2D eigenvalue weighted by Gasteiger charge is 2.14. The van der Waals surface area contributed by atoms with E-state index in [1.165, 1.54) is 0 Å². The van der Waals surface area contributed by atoms with Crippen molar-refractivity contribution >= 4 is 11.9 Å². The number of halogens is 2. The topological polar surface area (TPSA) is 100 Å². The Balaban J connectivity index is 1.88. The van der Waals surface area contributed by atoms with Crippen molar-refractivity contribution in [2.24, 2.45) is 0 Å². The second kappa shape index (κ2) is 6.03. The maximum absolute atomic E-state index is 12.9. The summed E-state index contributed by atoms with van der Waals surface area (Å²) in [6, 6.07) is 2.62. The Morgan fingerprint density at radius 3 is 2.76 bits per heavy atom. The van der Waals surface area contributed by atoms with Crippen LogP contribution in [0.5, 0.6) is 0 Å². The van der Waals surface area contributed by atoms with Crippen LogP contribution in [0.15, 0.2) is 24.5 Å². The first-order chi connectivity index (χ1) is 9.97. The van der Waals surface area contributed by atoms with Crippen molar-refractivity contribution in [3.05, 3.63) is 51.8 Å². The average Bonchev–Trinajstić information content (AvgIpc) is 2.91. The summed E-state index contributed by atoms with van der Waals surface area (Å²) in [7, 11) is 0. The first-order valence-electron chi connectivity index (χ1n) is 5.63. The Kier molecular flexibility index (Phi) is 4.16. The molecule has 0 fully saturated rings. The van der Waals surface area contributed by atoms with Crippen LogP contribution in [0.1, 0.15) is 10.4 Å². The van der Waals surface area contributed by atoms with E-state index in [1.54, 1.807) is 0 Å². The Hall–Kier alpha value is -2.91. The molecule has 0 aliphatic carbocycles. The van der Waals surface area contributed by atoms with Crippen LogP contribution in [0.4, 0.5) is 14.7 Å². The van der Waals surface area contributed by atoms with Gasteiger partial charge in [0.15, 0.2) is 11.6 Å². The Bertz CT molecular complexity index is 689. The van der Waals surface area contributed by atoms with Crippen LogP contribution in [0.3, 0.4) is 0 Å². The number of carbonyl (C=O) groups excluding carboxylic acids is 1. The lowest BCUT2D eigenvalue weighted by Crippen LogP contribution is -2.12. The molecule has 2 rings (SSSR count). The summed E-state index contributed by atoms with van der Waals surface area (Å²) in [4.78, 5) is 24.6. The van der Waals surface area contributed by atoms with Crippen LogP contribution in [0, 0.1) is 21.7 Å². The number of nitrogens with zero attached hydrogens (tertiary/aromatic N) is 4. The number of benzene rings is 1. The second-order valence-corrected chi connectivity index (χ2v) is 3.83. The highest BCUT2D eigenvalue weighted by Crippen LogP contribution is 2.09. The van der Waals surface area contributed by atoms with E-state index >= 15 is 0 Å². The van der Waals surface area contributed by atoms with E-state index in [2.05, 4.69) is 10.1 Å². The lowest BCUT2D eigenvalue weighted by molar-refractivity contribution is -0.394. The number of nitro groups is 1. The monoisotopic (exact) mass is 298 g/mol. The van der Waals surface area contributed by atoms with Gasteiger partial charge in [-0.25, -0.2) is 13.6 Å². The predicted molar refractivity (Wildman–Crippen MR) is 63.3 cm³/mol. The van der Waals surface area contributed by atoms with E-state index in [-0.39, 0.29) is 18.7 Å². The first kappa shape index (κ1) is 14.5. The van der Waals surface area contributed by atoms with Gasteiger partial charge in [-0.2, -0.15) is 4.68 Å². The van der Waals surface area contributed by atoms with Crippen molar-refractivity contribution in [1.29, 1.82) is 0 Å². The van der Waals surface area contributed by atoms with Crippen LogP contribution in [0.2, 0.25) is 0 Å². The van der Waals surface area contributed by atoms with Gasteiger partial charge in [0.1, 0.15) is 6.61 Å². The summed E-state index contributed by atoms with van der Waals surface area (Å²) in [6.45, 7) is -0.116. The van der Waals surface area contributed by atoms with Crippen molar-refractivity contribution in [2.45, 2.75) is 6.54 Å². The molecule has 0 N–H and O–H groups in total. The van der Waals surface area contributed by atoms with E-state index in [9.17, 15) is 23.7 Å². The summed E-state index contributed by atoms with van der Waals surface area (Å²) >= 11 is 0. The molecule has 1 heterocycles. The summed E-state index contributed by atoms with van der Waals surface area (Å²) in [5, 5.41) is 13.9. The van der Waals surface area contributed by atoms with E-state index in [0.717, 1.165) is 29.2 Å². The fraction of sp³-hybridized carbons (Fsp3) is 0.182. The minimum absolute atomic E-state index is 0.0380. The molecule has 2 aromatic rings. The fourth-order valence-corrected chi connectivity index (χ4v) is 1.41. The smallest absolute Gasteiger partial charge is 0.460 e. The Morgan fingerprint density at radius 1 is 1.38 bits per heavy atom.